The van der Waals surface area contributed by atoms with Crippen molar-refractivity contribution in [3.05, 3.63) is 34.1 Å². The molecule has 0 aliphatic carbocycles. The standard InChI is InChI=1S/C10H10O4S2/c1-7(2)10-15(11,12)8-5-3-4-6-9(8)16(10,13)14/h3-6H,1-2H3. The molecule has 86 valence electrons. The zero-order valence-electron chi connectivity index (χ0n) is 8.76. The van der Waals surface area contributed by atoms with Gasteiger partial charge in [-0.25, -0.2) is 16.8 Å². The Morgan fingerprint density at radius 3 is 1.56 bits per heavy atom. The van der Waals surface area contributed by atoms with Crippen molar-refractivity contribution in [3.8, 4) is 0 Å². The molecule has 2 rings (SSSR count). The van der Waals surface area contributed by atoms with Gasteiger partial charge < -0.3 is 0 Å². The molecule has 0 amide bonds. The lowest BCUT2D eigenvalue weighted by molar-refractivity contribution is 0.603. The predicted octanol–water partition coefficient (Wildman–Crippen LogP) is 1.50. The maximum Gasteiger partial charge on any atom is 0.219 e. The Balaban J connectivity index is 3.06. The zero-order chi connectivity index (χ0) is 12.1. The minimum atomic E-state index is -3.86. The summed E-state index contributed by atoms with van der Waals surface area (Å²) in [6.45, 7) is 2.96. The number of hydrogen-bond acceptors (Lipinski definition) is 4. The van der Waals surface area contributed by atoms with Gasteiger partial charge in [-0.1, -0.05) is 12.1 Å². The van der Waals surface area contributed by atoms with Gasteiger partial charge in [-0.15, -0.1) is 0 Å². The highest BCUT2D eigenvalue weighted by molar-refractivity contribution is 8.16. The van der Waals surface area contributed by atoms with E-state index in [0.29, 0.717) is 0 Å². The van der Waals surface area contributed by atoms with Gasteiger partial charge in [-0.2, -0.15) is 0 Å². The molecule has 0 N–H and O–H groups in total. The fraction of sp³-hybridized carbons (Fsp3) is 0.200. The van der Waals surface area contributed by atoms with Crippen LogP contribution in [0.25, 0.3) is 0 Å². The molecule has 0 saturated heterocycles. The first kappa shape index (κ1) is 11.3. The largest absolute Gasteiger partial charge is 0.219 e. The second kappa shape index (κ2) is 3.18. The summed E-state index contributed by atoms with van der Waals surface area (Å²) in [6.07, 6.45) is 0. The van der Waals surface area contributed by atoms with Crippen LogP contribution in [0.15, 0.2) is 43.9 Å². The van der Waals surface area contributed by atoms with Crippen LogP contribution in [0.3, 0.4) is 0 Å². The van der Waals surface area contributed by atoms with E-state index in [-0.39, 0.29) is 15.4 Å². The minimum absolute atomic E-state index is 0.119. The molecule has 16 heavy (non-hydrogen) atoms. The van der Waals surface area contributed by atoms with E-state index in [4.69, 9.17) is 0 Å². The molecule has 1 aliphatic heterocycles. The molecule has 0 atom stereocenters. The second-order valence-corrected chi connectivity index (χ2v) is 7.71. The average Bonchev–Trinajstić information content (AvgIpc) is 2.31. The van der Waals surface area contributed by atoms with E-state index in [1.165, 1.54) is 38.1 Å². The van der Waals surface area contributed by atoms with Gasteiger partial charge >= 0.3 is 0 Å². The summed E-state index contributed by atoms with van der Waals surface area (Å²) in [4.78, 5) is -0.239. The van der Waals surface area contributed by atoms with Crippen LogP contribution in [0.5, 0.6) is 0 Å². The van der Waals surface area contributed by atoms with Crippen molar-refractivity contribution in [1.29, 1.82) is 0 Å². The number of allylic oxidation sites excluding steroid dienone is 1. The monoisotopic (exact) mass is 258 g/mol. The van der Waals surface area contributed by atoms with Crippen molar-refractivity contribution < 1.29 is 16.8 Å². The SMILES string of the molecule is CC(C)=C1S(=O)(=O)c2ccccc2S1(=O)=O. The number of hydrogen-bond donors (Lipinski definition) is 0. The molecule has 0 radical (unpaired) electrons. The number of rotatable bonds is 0. The Morgan fingerprint density at radius 2 is 1.25 bits per heavy atom. The highest BCUT2D eigenvalue weighted by atomic mass is 32.3. The van der Waals surface area contributed by atoms with Gasteiger partial charge in [0.1, 0.15) is 0 Å². The molecule has 0 fully saturated rings. The van der Waals surface area contributed by atoms with Crippen LogP contribution in [0.1, 0.15) is 13.8 Å². The smallest absolute Gasteiger partial charge is 0.218 e. The van der Waals surface area contributed by atoms with Crippen LogP contribution in [0.4, 0.5) is 0 Å². The molecule has 1 aromatic carbocycles. The van der Waals surface area contributed by atoms with Crippen LogP contribution in [0, 0.1) is 0 Å². The average molecular weight is 258 g/mol. The lowest BCUT2D eigenvalue weighted by Gasteiger charge is -1.99. The van der Waals surface area contributed by atoms with Gasteiger partial charge in [0, 0.05) is 0 Å². The van der Waals surface area contributed by atoms with Crippen molar-refractivity contribution in [1.82, 2.24) is 0 Å². The van der Waals surface area contributed by atoms with Gasteiger partial charge in [0.05, 0.1) is 9.79 Å². The summed E-state index contributed by atoms with van der Waals surface area (Å²) in [6, 6.07) is 5.66. The summed E-state index contributed by atoms with van der Waals surface area (Å²) < 4.78 is 47.5. The molecular formula is C10H10O4S2. The third kappa shape index (κ3) is 1.26. The summed E-state index contributed by atoms with van der Waals surface area (Å²) in [7, 11) is -7.72. The molecule has 0 unspecified atom stereocenters. The van der Waals surface area contributed by atoms with Gasteiger partial charge in [0.25, 0.3) is 0 Å². The van der Waals surface area contributed by atoms with E-state index in [1.54, 1.807) is 0 Å². The molecule has 1 heterocycles. The Hall–Kier alpha value is -1.14. The van der Waals surface area contributed by atoms with Gasteiger partial charge in [0.2, 0.25) is 19.7 Å². The maximum atomic E-state index is 12.0. The van der Waals surface area contributed by atoms with Crippen LogP contribution in [-0.2, 0) is 19.7 Å². The van der Waals surface area contributed by atoms with Crippen LogP contribution < -0.4 is 0 Å². The van der Waals surface area contributed by atoms with Gasteiger partial charge in [-0.05, 0) is 31.6 Å². The number of fused-ring (bicyclic) bond motifs is 1. The first-order chi connectivity index (χ1) is 7.29. The minimum Gasteiger partial charge on any atom is -0.218 e. The molecule has 0 aromatic heterocycles. The molecule has 1 aromatic rings. The molecule has 0 saturated carbocycles. The van der Waals surface area contributed by atoms with E-state index in [0.717, 1.165) is 0 Å². The van der Waals surface area contributed by atoms with Crippen molar-refractivity contribution in [2.45, 2.75) is 23.6 Å². The third-order valence-electron chi connectivity index (χ3n) is 2.32. The zero-order valence-corrected chi connectivity index (χ0v) is 10.4. The first-order valence-electron chi connectivity index (χ1n) is 4.56. The first-order valence-corrected chi connectivity index (χ1v) is 7.53. The van der Waals surface area contributed by atoms with E-state index in [2.05, 4.69) is 0 Å². The highest BCUT2D eigenvalue weighted by Crippen LogP contribution is 2.41. The number of sulfone groups is 2. The molecule has 6 heteroatoms. The Kier molecular flexibility index (Phi) is 2.25. The van der Waals surface area contributed by atoms with Crippen LogP contribution in [0.2, 0.25) is 0 Å². The molecular weight excluding hydrogens is 248 g/mol. The quantitative estimate of drug-likeness (QED) is 0.707. The van der Waals surface area contributed by atoms with Crippen molar-refractivity contribution in [2.75, 3.05) is 0 Å². The van der Waals surface area contributed by atoms with Gasteiger partial charge in [0.15, 0.2) is 4.24 Å². The Bertz CT molecular complexity index is 635. The summed E-state index contributed by atoms with van der Waals surface area (Å²) in [5.41, 5.74) is 0.288. The maximum absolute atomic E-state index is 12.0. The van der Waals surface area contributed by atoms with Crippen molar-refractivity contribution >= 4 is 19.7 Å². The third-order valence-corrected chi connectivity index (χ3v) is 7.43. The Morgan fingerprint density at radius 1 is 0.875 bits per heavy atom. The summed E-state index contributed by atoms with van der Waals surface area (Å²) >= 11 is 0. The van der Waals surface area contributed by atoms with E-state index in [9.17, 15) is 16.8 Å². The molecule has 1 aliphatic rings. The van der Waals surface area contributed by atoms with E-state index in [1.807, 2.05) is 0 Å². The van der Waals surface area contributed by atoms with Crippen molar-refractivity contribution in [2.24, 2.45) is 0 Å². The van der Waals surface area contributed by atoms with E-state index >= 15 is 0 Å². The van der Waals surface area contributed by atoms with Crippen LogP contribution in [-0.4, -0.2) is 16.8 Å². The summed E-state index contributed by atoms with van der Waals surface area (Å²) in [5.74, 6) is 0. The van der Waals surface area contributed by atoms with Gasteiger partial charge in [-0.3, -0.25) is 0 Å². The lowest BCUT2D eigenvalue weighted by atomic mass is 10.4. The summed E-state index contributed by atoms with van der Waals surface area (Å²) in [5, 5.41) is 0. The van der Waals surface area contributed by atoms with Crippen LogP contribution >= 0.6 is 0 Å². The normalized spacial score (nSPS) is 20.5. The van der Waals surface area contributed by atoms with E-state index < -0.39 is 23.9 Å². The Labute approximate surface area is 94.4 Å². The number of benzene rings is 1. The lowest BCUT2D eigenvalue weighted by Crippen LogP contribution is -2.05. The molecule has 0 bridgehead atoms. The predicted molar refractivity (Wildman–Crippen MR) is 59.2 cm³/mol. The molecule has 0 spiro atoms. The second-order valence-electron chi connectivity index (χ2n) is 3.74. The van der Waals surface area contributed by atoms with Crippen molar-refractivity contribution in [3.63, 3.8) is 0 Å². The highest BCUT2D eigenvalue weighted by Gasteiger charge is 2.44. The fourth-order valence-corrected chi connectivity index (χ4v) is 6.78. The molecule has 4 nitrogen and oxygen atoms in total. The topological polar surface area (TPSA) is 68.3 Å². The fourth-order valence-electron chi connectivity index (χ4n) is 1.78.